The van der Waals surface area contributed by atoms with E-state index in [-0.39, 0.29) is 17.6 Å². The van der Waals surface area contributed by atoms with Crippen molar-refractivity contribution < 1.29 is 14.3 Å². The number of carbonyl (C=O) groups excluding carboxylic acids is 2. The third kappa shape index (κ3) is 4.07. The number of ether oxygens (including phenoxy) is 1. The van der Waals surface area contributed by atoms with Crippen molar-refractivity contribution in [3.8, 4) is 0 Å². The molecule has 0 aliphatic heterocycles. The number of rotatable bonds is 6. The zero-order chi connectivity index (χ0) is 18.7. The minimum absolute atomic E-state index is 0.162. The first-order chi connectivity index (χ1) is 12.5. The molecule has 0 radical (unpaired) electrons. The average Bonchev–Trinajstić information content (AvgIpc) is 3.15. The van der Waals surface area contributed by atoms with Gasteiger partial charge in [-0.15, -0.1) is 16.4 Å². The van der Waals surface area contributed by atoms with E-state index in [0.717, 1.165) is 24.8 Å². The van der Waals surface area contributed by atoms with Crippen molar-refractivity contribution in [1.82, 2.24) is 20.2 Å². The van der Waals surface area contributed by atoms with E-state index in [2.05, 4.69) is 27.8 Å². The van der Waals surface area contributed by atoms with Crippen LogP contribution < -0.4 is 5.32 Å². The molecule has 26 heavy (non-hydrogen) atoms. The summed E-state index contributed by atoms with van der Waals surface area (Å²) in [6, 6.07) is 0. The van der Waals surface area contributed by atoms with E-state index >= 15 is 0 Å². The van der Waals surface area contributed by atoms with Crippen molar-refractivity contribution >= 4 is 40.0 Å². The highest BCUT2D eigenvalue weighted by Gasteiger charge is 2.29. The predicted molar refractivity (Wildman–Crippen MR) is 99.6 cm³/mol. The van der Waals surface area contributed by atoms with Gasteiger partial charge in [-0.3, -0.25) is 4.79 Å². The summed E-state index contributed by atoms with van der Waals surface area (Å²) in [7, 11) is 1.72. The van der Waals surface area contributed by atoms with E-state index in [0.29, 0.717) is 28.2 Å². The second kappa shape index (κ2) is 8.17. The van der Waals surface area contributed by atoms with Crippen LogP contribution >= 0.6 is 23.1 Å². The zero-order valence-corrected chi connectivity index (χ0v) is 16.6. The fourth-order valence-corrected chi connectivity index (χ4v) is 4.96. The molecule has 0 saturated heterocycles. The Kier molecular flexibility index (Phi) is 5.92. The lowest BCUT2D eigenvalue weighted by Gasteiger charge is -2.18. The van der Waals surface area contributed by atoms with Crippen molar-refractivity contribution in [1.29, 1.82) is 0 Å². The molecular formula is C16H21N5O3S2. The van der Waals surface area contributed by atoms with E-state index in [9.17, 15) is 9.59 Å². The number of anilines is 1. The lowest BCUT2D eigenvalue weighted by Crippen LogP contribution is -2.18. The van der Waals surface area contributed by atoms with E-state index in [1.807, 2.05) is 0 Å². The van der Waals surface area contributed by atoms with Crippen LogP contribution in [0.1, 0.15) is 41.1 Å². The van der Waals surface area contributed by atoms with Gasteiger partial charge in [0.15, 0.2) is 0 Å². The number of aromatic nitrogens is 4. The molecule has 2 heterocycles. The Morgan fingerprint density at radius 1 is 1.46 bits per heavy atom. The minimum atomic E-state index is -0.361. The lowest BCUT2D eigenvalue weighted by molar-refractivity contribution is -0.113. The highest BCUT2D eigenvalue weighted by molar-refractivity contribution is 7.99. The number of aryl methyl sites for hydroxylation is 1. The van der Waals surface area contributed by atoms with Gasteiger partial charge in [0.25, 0.3) is 0 Å². The Morgan fingerprint density at radius 3 is 2.96 bits per heavy atom. The van der Waals surface area contributed by atoms with Crippen molar-refractivity contribution in [2.24, 2.45) is 13.0 Å². The predicted octanol–water partition coefficient (Wildman–Crippen LogP) is 2.30. The molecule has 10 heteroatoms. The molecule has 1 aliphatic rings. The molecule has 1 amide bonds. The van der Waals surface area contributed by atoms with Gasteiger partial charge < -0.3 is 10.1 Å². The summed E-state index contributed by atoms with van der Waals surface area (Å²) in [4.78, 5) is 26.0. The first kappa shape index (κ1) is 18.8. The summed E-state index contributed by atoms with van der Waals surface area (Å²) < 4.78 is 6.72. The number of nitrogens with zero attached hydrogens (tertiary/aromatic N) is 4. The van der Waals surface area contributed by atoms with Crippen LogP contribution in [0.15, 0.2) is 5.16 Å². The molecule has 0 spiro atoms. The number of hydrogen-bond acceptors (Lipinski definition) is 8. The molecule has 0 aromatic carbocycles. The molecule has 0 fully saturated rings. The van der Waals surface area contributed by atoms with Crippen molar-refractivity contribution in [3.05, 3.63) is 16.0 Å². The number of carbonyl (C=O) groups is 2. The summed E-state index contributed by atoms with van der Waals surface area (Å²) in [5, 5.41) is 15.1. The molecule has 1 atom stereocenters. The Labute approximate surface area is 159 Å². The van der Waals surface area contributed by atoms with E-state index < -0.39 is 0 Å². The number of fused-ring (bicyclic) bond motifs is 1. The first-order valence-corrected chi connectivity index (χ1v) is 10.3. The normalized spacial score (nSPS) is 16.2. The van der Waals surface area contributed by atoms with Crippen LogP contribution in [0.25, 0.3) is 0 Å². The molecule has 0 saturated carbocycles. The smallest absolute Gasteiger partial charge is 0.341 e. The Bertz CT molecular complexity index is 817. The van der Waals surface area contributed by atoms with Crippen molar-refractivity contribution in [3.63, 3.8) is 0 Å². The van der Waals surface area contributed by atoms with E-state index in [1.54, 1.807) is 14.0 Å². The maximum Gasteiger partial charge on any atom is 0.341 e. The van der Waals surface area contributed by atoms with Crippen LogP contribution in [-0.4, -0.2) is 44.4 Å². The number of esters is 1. The van der Waals surface area contributed by atoms with Crippen molar-refractivity contribution in [2.75, 3.05) is 17.7 Å². The zero-order valence-electron chi connectivity index (χ0n) is 14.9. The quantitative estimate of drug-likeness (QED) is 0.592. The number of thioether (sulfide) groups is 1. The Balaban J connectivity index is 1.76. The van der Waals surface area contributed by atoms with Gasteiger partial charge in [-0.1, -0.05) is 18.7 Å². The van der Waals surface area contributed by atoms with Gasteiger partial charge in [-0.05, 0) is 48.1 Å². The third-order valence-corrected chi connectivity index (χ3v) is 6.34. The monoisotopic (exact) mass is 395 g/mol. The highest BCUT2D eigenvalue weighted by Crippen LogP contribution is 2.40. The molecular weight excluding hydrogens is 374 g/mol. The summed E-state index contributed by atoms with van der Waals surface area (Å²) in [6.45, 7) is 4.29. The molecule has 1 N–H and O–H groups in total. The summed E-state index contributed by atoms with van der Waals surface area (Å²) in [6.07, 6.45) is 2.82. The van der Waals surface area contributed by atoms with Gasteiger partial charge in [-0.2, -0.15) is 0 Å². The SMILES string of the molecule is CCOC(=O)c1c(NC(=O)CSc2nnnn2C)sc2c1CC[C@H](C)C2. The molecule has 0 bridgehead atoms. The maximum atomic E-state index is 12.4. The first-order valence-electron chi connectivity index (χ1n) is 8.46. The van der Waals surface area contributed by atoms with E-state index in [4.69, 9.17) is 4.74 Å². The second-order valence-electron chi connectivity index (χ2n) is 6.20. The molecule has 0 unspecified atom stereocenters. The maximum absolute atomic E-state index is 12.4. The number of thiophene rings is 1. The van der Waals surface area contributed by atoms with Crippen molar-refractivity contribution in [2.45, 2.75) is 38.3 Å². The van der Waals surface area contributed by atoms with Crippen LogP contribution in [0.4, 0.5) is 5.00 Å². The largest absolute Gasteiger partial charge is 0.462 e. The van der Waals surface area contributed by atoms with Gasteiger partial charge in [0, 0.05) is 11.9 Å². The molecule has 8 nitrogen and oxygen atoms in total. The third-order valence-electron chi connectivity index (χ3n) is 4.16. The topological polar surface area (TPSA) is 99.0 Å². The van der Waals surface area contributed by atoms with Crippen LogP contribution in [0.2, 0.25) is 0 Å². The number of amides is 1. The number of tetrazole rings is 1. The van der Waals surface area contributed by atoms with Gasteiger partial charge in [0.05, 0.1) is 17.9 Å². The van der Waals surface area contributed by atoms with Crippen LogP contribution in [0.3, 0.4) is 0 Å². The van der Waals surface area contributed by atoms with E-state index in [1.165, 1.54) is 32.7 Å². The number of hydrogen-bond donors (Lipinski definition) is 1. The van der Waals surface area contributed by atoms with Gasteiger partial charge in [-0.25, -0.2) is 9.48 Å². The van der Waals surface area contributed by atoms with Crippen LogP contribution in [0.5, 0.6) is 0 Å². The second-order valence-corrected chi connectivity index (χ2v) is 8.25. The Morgan fingerprint density at radius 2 is 2.27 bits per heavy atom. The molecule has 2 aromatic heterocycles. The summed E-state index contributed by atoms with van der Waals surface area (Å²) in [5.41, 5.74) is 1.56. The van der Waals surface area contributed by atoms with Gasteiger partial charge in [0.1, 0.15) is 5.00 Å². The Hall–Kier alpha value is -1.94. The lowest BCUT2D eigenvalue weighted by atomic mass is 9.88. The summed E-state index contributed by atoms with van der Waals surface area (Å²) in [5.74, 6) is 0.184. The van der Waals surface area contributed by atoms with Gasteiger partial charge >= 0.3 is 5.97 Å². The molecule has 1 aliphatic carbocycles. The highest BCUT2D eigenvalue weighted by atomic mass is 32.2. The standard InChI is InChI=1S/C16H21N5O3S2/c1-4-24-15(23)13-10-6-5-9(2)7-11(10)26-14(13)17-12(22)8-25-16-18-19-20-21(16)3/h9H,4-8H2,1-3H3,(H,17,22)/t9-/m0/s1. The fraction of sp³-hybridized carbons (Fsp3) is 0.562. The molecule has 3 rings (SSSR count). The van der Waals surface area contributed by atoms with Crippen LogP contribution in [0, 0.1) is 5.92 Å². The molecule has 140 valence electrons. The molecule has 2 aromatic rings. The minimum Gasteiger partial charge on any atom is -0.462 e. The van der Waals surface area contributed by atoms with Gasteiger partial charge in [0.2, 0.25) is 11.1 Å². The van der Waals surface area contributed by atoms with Crippen LogP contribution in [-0.2, 0) is 29.4 Å². The average molecular weight is 396 g/mol. The summed E-state index contributed by atoms with van der Waals surface area (Å²) >= 11 is 2.73. The fourth-order valence-electron chi connectivity index (χ4n) is 2.89. The number of nitrogens with one attached hydrogen (secondary N) is 1.